The number of rotatable bonds is 6. The monoisotopic (exact) mass is 274 g/mol. The van der Waals surface area contributed by atoms with Crippen LogP contribution in [0.2, 0.25) is 0 Å². The molecule has 0 aliphatic carbocycles. The highest BCUT2D eigenvalue weighted by Crippen LogP contribution is 2.15. The summed E-state index contributed by atoms with van der Waals surface area (Å²) in [5.74, 6) is 0.675. The molecule has 0 amide bonds. The summed E-state index contributed by atoms with van der Waals surface area (Å²) in [6.07, 6.45) is 5.26. The molecule has 1 aliphatic rings. The quantitative estimate of drug-likeness (QED) is 0.775. The Morgan fingerprint density at radius 2 is 2.30 bits per heavy atom. The molecular weight excluding hydrogens is 252 g/mol. The molecule has 0 saturated carbocycles. The first-order valence-electron chi connectivity index (χ1n) is 7.23. The van der Waals surface area contributed by atoms with Gasteiger partial charge in [-0.3, -0.25) is 0 Å². The van der Waals surface area contributed by atoms with Crippen LogP contribution in [0.4, 0.5) is 5.82 Å². The van der Waals surface area contributed by atoms with Crippen LogP contribution in [0.5, 0.6) is 0 Å². The normalized spacial score (nSPS) is 15.8. The third-order valence-electron chi connectivity index (χ3n) is 3.52. The second-order valence-corrected chi connectivity index (χ2v) is 5.06. The molecular formula is C15H22N4O. The molecule has 2 rings (SSSR count). The van der Waals surface area contributed by atoms with Gasteiger partial charge in [0, 0.05) is 19.3 Å². The Morgan fingerprint density at radius 3 is 3.05 bits per heavy atom. The molecule has 0 unspecified atom stereocenters. The lowest BCUT2D eigenvalue weighted by Crippen LogP contribution is -2.32. The molecule has 0 aromatic carbocycles. The molecule has 0 atom stereocenters. The van der Waals surface area contributed by atoms with E-state index in [4.69, 9.17) is 10.00 Å². The van der Waals surface area contributed by atoms with E-state index in [9.17, 15) is 0 Å². The van der Waals surface area contributed by atoms with Gasteiger partial charge in [-0.1, -0.05) is 0 Å². The van der Waals surface area contributed by atoms with Crippen molar-refractivity contribution in [2.75, 3.05) is 31.6 Å². The van der Waals surface area contributed by atoms with Gasteiger partial charge in [-0.2, -0.15) is 5.26 Å². The van der Waals surface area contributed by atoms with Crippen molar-refractivity contribution in [2.24, 2.45) is 0 Å². The van der Waals surface area contributed by atoms with Crippen molar-refractivity contribution in [3.63, 3.8) is 0 Å². The highest BCUT2D eigenvalue weighted by molar-refractivity contribution is 5.55. The molecule has 2 N–H and O–H groups in total. The summed E-state index contributed by atoms with van der Waals surface area (Å²) in [6, 6.07) is 4.04. The third-order valence-corrected chi connectivity index (χ3v) is 3.52. The average Bonchev–Trinajstić information content (AvgIpc) is 2.48. The highest BCUT2D eigenvalue weighted by Gasteiger charge is 2.12. The molecule has 1 aromatic rings. The van der Waals surface area contributed by atoms with E-state index in [1.807, 2.05) is 13.0 Å². The summed E-state index contributed by atoms with van der Waals surface area (Å²) in [4.78, 5) is 4.22. The van der Waals surface area contributed by atoms with Crippen LogP contribution in [-0.4, -0.2) is 37.3 Å². The first kappa shape index (κ1) is 14.8. The summed E-state index contributed by atoms with van der Waals surface area (Å²) < 4.78 is 5.84. The van der Waals surface area contributed by atoms with Gasteiger partial charge in [-0.05, 0) is 50.9 Å². The fraction of sp³-hybridized carbons (Fsp3) is 0.600. The predicted molar refractivity (Wildman–Crippen MR) is 78.6 cm³/mol. The fourth-order valence-electron chi connectivity index (χ4n) is 2.32. The molecule has 1 saturated heterocycles. The van der Waals surface area contributed by atoms with Gasteiger partial charge < -0.3 is 15.4 Å². The van der Waals surface area contributed by atoms with Crippen LogP contribution in [0.3, 0.4) is 0 Å². The van der Waals surface area contributed by atoms with Crippen molar-refractivity contribution >= 4 is 5.82 Å². The van der Waals surface area contributed by atoms with E-state index in [1.165, 1.54) is 0 Å². The molecule has 5 nitrogen and oxygen atoms in total. The molecule has 1 fully saturated rings. The van der Waals surface area contributed by atoms with Crippen LogP contribution in [0.1, 0.15) is 30.4 Å². The number of hydrogen-bond acceptors (Lipinski definition) is 5. The van der Waals surface area contributed by atoms with E-state index in [-0.39, 0.29) is 0 Å². The zero-order valence-electron chi connectivity index (χ0n) is 12.0. The third kappa shape index (κ3) is 4.19. The first-order chi connectivity index (χ1) is 9.81. The minimum absolute atomic E-state index is 0.406. The SMILES string of the molecule is Cc1ccnc(NCCCOC2CCNCC2)c1C#N. The van der Waals surface area contributed by atoms with Crippen molar-refractivity contribution in [2.45, 2.75) is 32.3 Å². The molecule has 0 spiro atoms. The molecule has 20 heavy (non-hydrogen) atoms. The summed E-state index contributed by atoms with van der Waals surface area (Å²) in [5, 5.41) is 15.7. The topological polar surface area (TPSA) is 70.0 Å². The van der Waals surface area contributed by atoms with E-state index in [1.54, 1.807) is 6.20 Å². The van der Waals surface area contributed by atoms with E-state index < -0.39 is 0 Å². The molecule has 1 aromatic heterocycles. The Balaban J connectivity index is 1.68. The lowest BCUT2D eigenvalue weighted by atomic mass is 10.1. The maximum Gasteiger partial charge on any atom is 0.144 e. The van der Waals surface area contributed by atoms with Gasteiger partial charge in [0.25, 0.3) is 0 Å². The summed E-state index contributed by atoms with van der Waals surface area (Å²) in [6.45, 7) is 5.57. The van der Waals surface area contributed by atoms with Crippen LogP contribution >= 0.6 is 0 Å². The largest absolute Gasteiger partial charge is 0.378 e. The fourth-order valence-corrected chi connectivity index (χ4v) is 2.32. The van der Waals surface area contributed by atoms with Gasteiger partial charge in [-0.25, -0.2) is 4.98 Å². The Labute approximate surface area is 120 Å². The Hall–Kier alpha value is -1.64. The highest BCUT2D eigenvalue weighted by atomic mass is 16.5. The Kier molecular flexibility index (Phi) is 5.78. The second kappa shape index (κ2) is 7.83. The molecule has 0 radical (unpaired) electrons. The maximum atomic E-state index is 9.11. The average molecular weight is 274 g/mol. The second-order valence-electron chi connectivity index (χ2n) is 5.06. The molecule has 0 bridgehead atoms. The number of aromatic nitrogens is 1. The zero-order chi connectivity index (χ0) is 14.2. The van der Waals surface area contributed by atoms with Gasteiger partial charge >= 0.3 is 0 Å². The van der Waals surface area contributed by atoms with Crippen LogP contribution in [0.25, 0.3) is 0 Å². The molecule has 5 heteroatoms. The standard InChI is InChI=1S/C15H22N4O/c1-12-3-9-19-15(14(12)11-16)18-6-2-10-20-13-4-7-17-8-5-13/h3,9,13,17H,2,4-8,10H2,1H3,(H,18,19). The first-order valence-corrected chi connectivity index (χ1v) is 7.23. The Bertz CT molecular complexity index is 463. The number of piperidine rings is 1. The van der Waals surface area contributed by atoms with Gasteiger partial charge in [-0.15, -0.1) is 0 Å². The predicted octanol–water partition coefficient (Wildman–Crippen LogP) is 1.83. The number of nitrogens with zero attached hydrogens (tertiary/aromatic N) is 2. The number of aryl methyl sites for hydroxylation is 1. The summed E-state index contributed by atoms with van der Waals surface area (Å²) in [5.41, 5.74) is 1.59. The number of nitriles is 1. The minimum Gasteiger partial charge on any atom is -0.378 e. The van der Waals surface area contributed by atoms with Gasteiger partial charge in [0.2, 0.25) is 0 Å². The van der Waals surface area contributed by atoms with E-state index in [2.05, 4.69) is 21.7 Å². The smallest absolute Gasteiger partial charge is 0.144 e. The van der Waals surface area contributed by atoms with Crippen molar-refractivity contribution in [1.82, 2.24) is 10.3 Å². The molecule has 2 heterocycles. The van der Waals surface area contributed by atoms with Crippen LogP contribution in [-0.2, 0) is 4.74 Å². The van der Waals surface area contributed by atoms with Crippen molar-refractivity contribution < 1.29 is 4.74 Å². The van der Waals surface area contributed by atoms with E-state index >= 15 is 0 Å². The summed E-state index contributed by atoms with van der Waals surface area (Å²) >= 11 is 0. The van der Waals surface area contributed by atoms with Crippen LogP contribution < -0.4 is 10.6 Å². The van der Waals surface area contributed by atoms with Crippen LogP contribution in [0, 0.1) is 18.3 Å². The van der Waals surface area contributed by atoms with Crippen molar-refractivity contribution in [1.29, 1.82) is 5.26 Å². The summed E-state index contributed by atoms with van der Waals surface area (Å²) in [7, 11) is 0. The number of pyridine rings is 1. The van der Waals surface area contributed by atoms with Gasteiger partial charge in [0.05, 0.1) is 11.7 Å². The van der Waals surface area contributed by atoms with Gasteiger partial charge in [0.1, 0.15) is 11.9 Å². The molecule has 108 valence electrons. The minimum atomic E-state index is 0.406. The van der Waals surface area contributed by atoms with E-state index in [0.29, 0.717) is 17.5 Å². The molecule has 1 aliphatic heterocycles. The number of ether oxygens (including phenoxy) is 1. The van der Waals surface area contributed by atoms with Gasteiger partial charge in [0.15, 0.2) is 0 Å². The number of nitrogens with one attached hydrogen (secondary N) is 2. The zero-order valence-corrected chi connectivity index (χ0v) is 12.0. The van der Waals surface area contributed by atoms with Crippen molar-refractivity contribution in [3.05, 3.63) is 23.4 Å². The van der Waals surface area contributed by atoms with Crippen molar-refractivity contribution in [3.8, 4) is 6.07 Å². The maximum absolute atomic E-state index is 9.11. The lowest BCUT2D eigenvalue weighted by molar-refractivity contribution is 0.0329. The number of hydrogen-bond donors (Lipinski definition) is 2. The van der Waals surface area contributed by atoms with Crippen LogP contribution in [0.15, 0.2) is 12.3 Å². The lowest BCUT2D eigenvalue weighted by Gasteiger charge is -2.22. The van der Waals surface area contributed by atoms with E-state index in [0.717, 1.165) is 51.1 Å². The number of anilines is 1. The Morgan fingerprint density at radius 1 is 1.50 bits per heavy atom.